The van der Waals surface area contributed by atoms with Gasteiger partial charge in [-0.05, 0) is 35.9 Å². The Hall–Kier alpha value is -2.17. The SMILES string of the molecule is COc1ccc(/C=C/C(=O)Oc2cccc(Cl)c2Cl)cc1OC. The summed E-state index contributed by atoms with van der Waals surface area (Å²) in [5.74, 6) is 0.823. The molecule has 0 aliphatic carbocycles. The number of carbonyl (C=O) groups is 1. The van der Waals surface area contributed by atoms with Crippen molar-refractivity contribution in [2.75, 3.05) is 14.2 Å². The van der Waals surface area contributed by atoms with Crippen LogP contribution in [-0.2, 0) is 4.79 Å². The molecule has 23 heavy (non-hydrogen) atoms. The summed E-state index contributed by atoms with van der Waals surface area (Å²) >= 11 is 11.8. The maximum Gasteiger partial charge on any atom is 0.336 e. The molecule has 0 aliphatic rings. The normalized spacial score (nSPS) is 10.6. The third-order valence-electron chi connectivity index (χ3n) is 2.95. The van der Waals surface area contributed by atoms with E-state index < -0.39 is 5.97 Å². The van der Waals surface area contributed by atoms with Gasteiger partial charge in [-0.1, -0.05) is 35.3 Å². The van der Waals surface area contributed by atoms with Gasteiger partial charge in [0.25, 0.3) is 0 Å². The average Bonchev–Trinajstić information content (AvgIpc) is 2.56. The number of carbonyl (C=O) groups excluding carboxylic acids is 1. The number of methoxy groups -OCH3 is 2. The first-order valence-electron chi connectivity index (χ1n) is 6.61. The Morgan fingerprint density at radius 1 is 1.00 bits per heavy atom. The van der Waals surface area contributed by atoms with Gasteiger partial charge in [-0.3, -0.25) is 0 Å². The monoisotopic (exact) mass is 352 g/mol. The van der Waals surface area contributed by atoms with Crippen LogP contribution in [0, 0.1) is 0 Å². The molecule has 0 saturated heterocycles. The van der Waals surface area contributed by atoms with E-state index in [9.17, 15) is 4.79 Å². The van der Waals surface area contributed by atoms with Gasteiger partial charge in [0.2, 0.25) is 0 Å². The molecule has 0 unspecified atom stereocenters. The first-order valence-corrected chi connectivity index (χ1v) is 7.36. The first kappa shape index (κ1) is 17.2. The molecule has 6 heteroatoms. The predicted octanol–water partition coefficient (Wildman–Crippen LogP) is 4.63. The van der Waals surface area contributed by atoms with E-state index >= 15 is 0 Å². The second-order valence-corrected chi connectivity index (χ2v) is 5.21. The highest BCUT2D eigenvalue weighted by Crippen LogP contribution is 2.31. The number of ether oxygens (including phenoxy) is 3. The van der Waals surface area contributed by atoms with Crippen molar-refractivity contribution in [1.82, 2.24) is 0 Å². The van der Waals surface area contributed by atoms with Crippen LogP contribution in [0.4, 0.5) is 0 Å². The van der Waals surface area contributed by atoms with Crippen LogP contribution in [0.25, 0.3) is 6.08 Å². The summed E-state index contributed by atoms with van der Waals surface area (Å²) in [4.78, 5) is 11.9. The molecule has 2 aromatic carbocycles. The summed E-state index contributed by atoms with van der Waals surface area (Å²) in [6.45, 7) is 0. The molecule has 0 atom stereocenters. The number of halogens is 2. The molecule has 0 bridgehead atoms. The maximum atomic E-state index is 11.9. The van der Waals surface area contributed by atoms with Gasteiger partial charge in [-0.15, -0.1) is 0 Å². The zero-order chi connectivity index (χ0) is 16.8. The van der Waals surface area contributed by atoms with Gasteiger partial charge in [0, 0.05) is 6.08 Å². The highest BCUT2D eigenvalue weighted by atomic mass is 35.5. The third kappa shape index (κ3) is 4.41. The van der Waals surface area contributed by atoms with Crippen molar-refractivity contribution in [2.45, 2.75) is 0 Å². The summed E-state index contributed by atoms with van der Waals surface area (Å²) < 4.78 is 15.5. The van der Waals surface area contributed by atoms with Crippen molar-refractivity contribution in [3.05, 3.63) is 58.1 Å². The molecule has 0 saturated carbocycles. The second-order valence-electron chi connectivity index (χ2n) is 4.42. The average molecular weight is 353 g/mol. The molecular weight excluding hydrogens is 339 g/mol. The van der Waals surface area contributed by atoms with Gasteiger partial charge >= 0.3 is 5.97 Å². The van der Waals surface area contributed by atoms with Gasteiger partial charge in [0.1, 0.15) is 5.02 Å². The minimum absolute atomic E-state index is 0.196. The zero-order valence-corrected chi connectivity index (χ0v) is 14.0. The Labute approximate surface area is 144 Å². The molecule has 0 fully saturated rings. The lowest BCUT2D eigenvalue weighted by Crippen LogP contribution is -2.04. The van der Waals surface area contributed by atoms with E-state index in [1.165, 1.54) is 6.08 Å². The Bertz CT molecular complexity index is 741. The van der Waals surface area contributed by atoms with E-state index in [0.29, 0.717) is 16.5 Å². The Morgan fingerprint density at radius 3 is 2.43 bits per heavy atom. The lowest BCUT2D eigenvalue weighted by molar-refractivity contribution is -0.128. The smallest absolute Gasteiger partial charge is 0.336 e. The van der Waals surface area contributed by atoms with Crippen molar-refractivity contribution in [3.8, 4) is 17.2 Å². The number of esters is 1. The van der Waals surface area contributed by atoms with Crippen LogP contribution in [0.3, 0.4) is 0 Å². The largest absolute Gasteiger partial charge is 0.493 e. The number of benzene rings is 2. The standard InChI is InChI=1S/C17H14Cl2O4/c1-21-13-8-6-11(10-15(13)22-2)7-9-16(20)23-14-5-3-4-12(18)17(14)19/h3-10H,1-2H3/b9-7+. The fourth-order valence-corrected chi connectivity index (χ4v) is 2.16. The molecule has 120 valence electrons. The van der Waals surface area contributed by atoms with Crippen molar-refractivity contribution in [2.24, 2.45) is 0 Å². The van der Waals surface area contributed by atoms with Crippen molar-refractivity contribution in [3.63, 3.8) is 0 Å². The van der Waals surface area contributed by atoms with Crippen molar-refractivity contribution < 1.29 is 19.0 Å². The summed E-state index contributed by atoms with van der Waals surface area (Å²) in [5.41, 5.74) is 0.761. The first-order chi connectivity index (χ1) is 11.0. The van der Waals surface area contributed by atoms with Crippen molar-refractivity contribution >= 4 is 35.2 Å². The highest BCUT2D eigenvalue weighted by Gasteiger charge is 2.09. The Balaban J connectivity index is 2.10. The molecule has 0 amide bonds. The van der Waals surface area contributed by atoms with Crippen molar-refractivity contribution in [1.29, 1.82) is 0 Å². The minimum Gasteiger partial charge on any atom is -0.493 e. The molecule has 2 rings (SSSR count). The van der Waals surface area contributed by atoms with Gasteiger partial charge in [0.15, 0.2) is 17.2 Å². The lowest BCUT2D eigenvalue weighted by atomic mass is 10.2. The van der Waals surface area contributed by atoms with Crippen LogP contribution in [-0.4, -0.2) is 20.2 Å². The number of hydrogen-bond donors (Lipinski definition) is 0. The fourth-order valence-electron chi connectivity index (χ4n) is 1.83. The van der Waals surface area contributed by atoms with E-state index in [1.54, 1.807) is 56.7 Å². The van der Waals surface area contributed by atoms with Crippen LogP contribution in [0.15, 0.2) is 42.5 Å². The molecule has 0 radical (unpaired) electrons. The van der Waals surface area contributed by atoms with Crippen LogP contribution in [0.1, 0.15) is 5.56 Å². The van der Waals surface area contributed by atoms with Crippen LogP contribution < -0.4 is 14.2 Å². The third-order valence-corrected chi connectivity index (χ3v) is 3.75. The van der Waals surface area contributed by atoms with Gasteiger partial charge in [0.05, 0.1) is 19.2 Å². The highest BCUT2D eigenvalue weighted by molar-refractivity contribution is 6.43. The molecule has 2 aromatic rings. The van der Waals surface area contributed by atoms with E-state index in [2.05, 4.69) is 0 Å². The maximum absolute atomic E-state index is 11.9. The summed E-state index contributed by atoms with van der Waals surface area (Å²) in [7, 11) is 3.10. The number of rotatable bonds is 5. The van der Waals surface area contributed by atoms with Gasteiger partial charge in [-0.2, -0.15) is 0 Å². The topological polar surface area (TPSA) is 44.8 Å². The molecule has 0 aromatic heterocycles. The van der Waals surface area contributed by atoms with Crippen LogP contribution >= 0.6 is 23.2 Å². The van der Waals surface area contributed by atoms with Crippen LogP contribution in [0.2, 0.25) is 10.0 Å². The molecule has 0 aliphatic heterocycles. The van der Waals surface area contributed by atoms with E-state index in [-0.39, 0.29) is 10.8 Å². The molecule has 0 heterocycles. The molecule has 0 spiro atoms. The fraction of sp³-hybridized carbons (Fsp3) is 0.118. The quantitative estimate of drug-likeness (QED) is 0.447. The lowest BCUT2D eigenvalue weighted by Gasteiger charge is -2.07. The predicted molar refractivity (Wildman–Crippen MR) is 90.7 cm³/mol. The van der Waals surface area contributed by atoms with Crippen LogP contribution in [0.5, 0.6) is 17.2 Å². The second kappa shape index (κ2) is 7.90. The molecule has 4 nitrogen and oxygen atoms in total. The summed E-state index contributed by atoms with van der Waals surface area (Å²) in [6, 6.07) is 10.1. The molecular formula is C17H14Cl2O4. The van der Waals surface area contributed by atoms with E-state index in [0.717, 1.165) is 5.56 Å². The summed E-state index contributed by atoms with van der Waals surface area (Å²) in [6.07, 6.45) is 2.89. The number of hydrogen-bond acceptors (Lipinski definition) is 4. The van der Waals surface area contributed by atoms with Gasteiger partial charge < -0.3 is 14.2 Å². The Morgan fingerprint density at radius 2 is 1.74 bits per heavy atom. The zero-order valence-electron chi connectivity index (χ0n) is 12.5. The van der Waals surface area contributed by atoms with E-state index in [4.69, 9.17) is 37.4 Å². The van der Waals surface area contributed by atoms with E-state index in [1.807, 2.05) is 0 Å². The molecule has 0 N–H and O–H groups in total. The summed E-state index contributed by atoms with van der Waals surface area (Å²) in [5, 5.41) is 0.517. The van der Waals surface area contributed by atoms with Gasteiger partial charge in [-0.25, -0.2) is 4.79 Å². The Kier molecular flexibility index (Phi) is 5.90. The minimum atomic E-state index is -0.566.